The smallest absolute Gasteiger partial charge is 0.224 e. The van der Waals surface area contributed by atoms with Crippen molar-refractivity contribution in [3.63, 3.8) is 0 Å². The second-order valence-corrected chi connectivity index (χ2v) is 5.95. The summed E-state index contributed by atoms with van der Waals surface area (Å²) in [5.41, 5.74) is 2.08. The first-order valence-electron chi connectivity index (χ1n) is 7.87. The Morgan fingerprint density at radius 3 is 2.71 bits per heavy atom. The van der Waals surface area contributed by atoms with Crippen molar-refractivity contribution >= 4 is 11.6 Å². The van der Waals surface area contributed by atoms with Crippen molar-refractivity contribution in [3.8, 4) is 0 Å². The molecule has 1 amide bonds. The monoisotopic (exact) mass is 290 g/mol. The van der Waals surface area contributed by atoms with E-state index in [1.807, 2.05) is 24.3 Å². The van der Waals surface area contributed by atoms with E-state index in [9.17, 15) is 4.79 Å². The molecule has 1 aromatic carbocycles. The fraction of sp³-hybridized carbons (Fsp3) is 0.588. The van der Waals surface area contributed by atoms with E-state index in [2.05, 4.69) is 24.5 Å². The second-order valence-electron chi connectivity index (χ2n) is 5.95. The van der Waals surface area contributed by atoms with E-state index in [-0.39, 0.29) is 12.0 Å². The lowest BCUT2D eigenvalue weighted by Crippen LogP contribution is -2.21. The summed E-state index contributed by atoms with van der Waals surface area (Å²) in [6, 6.07) is 8.49. The molecule has 0 aliphatic carbocycles. The number of anilines is 1. The van der Waals surface area contributed by atoms with Gasteiger partial charge in [0.2, 0.25) is 5.91 Å². The highest BCUT2D eigenvalue weighted by molar-refractivity contribution is 5.90. The van der Waals surface area contributed by atoms with Gasteiger partial charge >= 0.3 is 0 Å². The van der Waals surface area contributed by atoms with Crippen molar-refractivity contribution in [1.29, 1.82) is 0 Å². The van der Waals surface area contributed by atoms with E-state index in [1.165, 1.54) is 5.56 Å². The van der Waals surface area contributed by atoms with Gasteiger partial charge in [-0.15, -0.1) is 0 Å². The molecule has 0 aromatic heterocycles. The molecule has 1 heterocycles. The molecule has 1 atom stereocenters. The Bertz CT molecular complexity index is 437. The molecule has 116 valence electrons. The van der Waals surface area contributed by atoms with Gasteiger partial charge in [0.1, 0.15) is 0 Å². The van der Waals surface area contributed by atoms with Crippen molar-refractivity contribution < 1.29 is 9.53 Å². The third-order valence-corrected chi connectivity index (χ3v) is 3.67. The van der Waals surface area contributed by atoms with Crippen molar-refractivity contribution in [2.24, 2.45) is 0 Å². The minimum Gasteiger partial charge on any atom is -0.378 e. The maximum atomic E-state index is 11.9. The van der Waals surface area contributed by atoms with Gasteiger partial charge in [0.05, 0.1) is 6.10 Å². The Balaban J connectivity index is 1.72. The number of ether oxygens (including phenoxy) is 1. The number of hydrogen-bond acceptors (Lipinski definition) is 3. The van der Waals surface area contributed by atoms with Crippen molar-refractivity contribution in [1.82, 2.24) is 5.32 Å². The summed E-state index contributed by atoms with van der Waals surface area (Å²) in [4.78, 5) is 11.9. The summed E-state index contributed by atoms with van der Waals surface area (Å²) < 4.78 is 5.53. The fourth-order valence-corrected chi connectivity index (χ4v) is 2.42. The largest absolute Gasteiger partial charge is 0.378 e. The van der Waals surface area contributed by atoms with Gasteiger partial charge in [0, 0.05) is 31.3 Å². The van der Waals surface area contributed by atoms with Crippen LogP contribution in [0, 0.1) is 0 Å². The van der Waals surface area contributed by atoms with Crippen LogP contribution in [0.3, 0.4) is 0 Å². The number of hydrogen-bond donors (Lipinski definition) is 2. The molecule has 1 aromatic rings. The fourth-order valence-electron chi connectivity index (χ4n) is 2.42. The van der Waals surface area contributed by atoms with Gasteiger partial charge in [-0.1, -0.05) is 26.0 Å². The molecule has 0 radical (unpaired) electrons. The van der Waals surface area contributed by atoms with E-state index in [4.69, 9.17) is 4.74 Å². The van der Waals surface area contributed by atoms with Gasteiger partial charge < -0.3 is 15.4 Å². The number of carbonyl (C=O) groups excluding carboxylic acids is 1. The zero-order chi connectivity index (χ0) is 15.1. The predicted molar refractivity (Wildman–Crippen MR) is 85.3 cm³/mol. The van der Waals surface area contributed by atoms with Crippen LogP contribution in [0.4, 0.5) is 5.69 Å². The molecule has 0 bridgehead atoms. The number of amides is 1. The lowest BCUT2D eigenvalue weighted by Gasteiger charge is -2.11. The van der Waals surface area contributed by atoms with Crippen LogP contribution < -0.4 is 10.6 Å². The van der Waals surface area contributed by atoms with Crippen LogP contribution in [0.5, 0.6) is 0 Å². The van der Waals surface area contributed by atoms with Crippen LogP contribution in [0.25, 0.3) is 0 Å². The van der Waals surface area contributed by atoms with Gasteiger partial charge in [0.25, 0.3) is 0 Å². The third kappa shape index (κ3) is 5.86. The molecule has 4 nitrogen and oxygen atoms in total. The SMILES string of the molecule is CC(C)NCc1ccc(NC(=O)CCC2CCCO2)cc1. The number of nitrogens with one attached hydrogen (secondary N) is 2. The Labute approximate surface area is 127 Å². The lowest BCUT2D eigenvalue weighted by atomic mass is 10.1. The molecular weight excluding hydrogens is 264 g/mol. The van der Waals surface area contributed by atoms with Crippen LogP contribution in [0.2, 0.25) is 0 Å². The quantitative estimate of drug-likeness (QED) is 0.811. The summed E-state index contributed by atoms with van der Waals surface area (Å²) >= 11 is 0. The topological polar surface area (TPSA) is 50.4 Å². The summed E-state index contributed by atoms with van der Waals surface area (Å²) in [5, 5.41) is 6.32. The highest BCUT2D eigenvalue weighted by Crippen LogP contribution is 2.17. The highest BCUT2D eigenvalue weighted by atomic mass is 16.5. The van der Waals surface area contributed by atoms with Crippen LogP contribution in [-0.4, -0.2) is 24.7 Å². The predicted octanol–water partition coefficient (Wildman–Crippen LogP) is 3.08. The Morgan fingerprint density at radius 1 is 1.33 bits per heavy atom. The molecule has 2 N–H and O–H groups in total. The first-order chi connectivity index (χ1) is 10.1. The van der Waals surface area contributed by atoms with Gasteiger partial charge in [-0.2, -0.15) is 0 Å². The standard InChI is InChI=1S/C17H26N2O2/c1-13(2)18-12-14-5-7-15(8-6-14)19-17(20)10-9-16-4-3-11-21-16/h5-8,13,16,18H,3-4,9-12H2,1-2H3,(H,19,20). The summed E-state index contributed by atoms with van der Waals surface area (Å²) in [6.07, 6.45) is 3.84. The molecule has 1 saturated heterocycles. The molecule has 1 aliphatic heterocycles. The maximum absolute atomic E-state index is 11.9. The van der Waals surface area contributed by atoms with E-state index >= 15 is 0 Å². The lowest BCUT2D eigenvalue weighted by molar-refractivity contribution is -0.116. The van der Waals surface area contributed by atoms with Gasteiger partial charge in [0.15, 0.2) is 0 Å². The zero-order valence-electron chi connectivity index (χ0n) is 13.0. The zero-order valence-corrected chi connectivity index (χ0v) is 13.0. The van der Waals surface area contributed by atoms with E-state index < -0.39 is 0 Å². The molecule has 0 saturated carbocycles. The molecule has 1 unspecified atom stereocenters. The first-order valence-corrected chi connectivity index (χ1v) is 7.87. The third-order valence-electron chi connectivity index (χ3n) is 3.67. The van der Waals surface area contributed by atoms with E-state index in [1.54, 1.807) is 0 Å². The van der Waals surface area contributed by atoms with Crippen molar-refractivity contribution in [3.05, 3.63) is 29.8 Å². The molecule has 4 heteroatoms. The normalized spacial score (nSPS) is 18.1. The van der Waals surface area contributed by atoms with E-state index in [0.717, 1.165) is 38.1 Å². The summed E-state index contributed by atoms with van der Waals surface area (Å²) in [7, 11) is 0. The number of rotatable bonds is 7. The van der Waals surface area contributed by atoms with Crippen LogP contribution in [0.15, 0.2) is 24.3 Å². The maximum Gasteiger partial charge on any atom is 0.224 e. The number of carbonyl (C=O) groups is 1. The average Bonchev–Trinajstić information content (AvgIpc) is 2.98. The van der Waals surface area contributed by atoms with Crippen molar-refractivity contribution in [2.75, 3.05) is 11.9 Å². The van der Waals surface area contributed by atoms with Crippen LogP contribution >= 0.6 is 0 Å². The Morgan fingerprint density at radius 2 is 2.10 bits per heavy atom. The summed E-state index contributed by atoms with van der Waals surface area (Å²) in [6.45, 7) is 5.95. The molecule has 0 spiro atoms. The van der Waals surface area contributed by atoms with Gasteiger partial charge in [-0.25, -0.2) is 0 Å². The van der Waals surface area contributed by atoms with Crippen molar-refractivity contribution in [2.45, 2.75) is 58.2 Å². The second kappa shape index (κ2) is 8.15. The molecule has 1 aliphatic rings. The minimum absolute atomic E-state index is 0.0681. The Hall–Kier alpha value is -1.39. The molecule has 21 heavy (non-hydrogen) atoms. The Kier molecular flexibility index (Phi) is 6.21. The highest BCUT2D eigenvalue weighted by Gasteiger charge is 2.16. The first kappa shape index (κ1) is 16.0. The number of benzene rings is 1. The molecule has 2 rings (SSSR count). The van der Waals surface area contributed by atoms with Crippen LogP contribution in [0.1, 0.15) is 45.1 Å². The minimum atomic E-state index is 0.0681. The van der Waals surface area contributed by atoms with E-state index in [0.29, 0.717) is 12.5 Å². The molecular formula is C17H26N2O2. The molecule has 1 fully saturated rings. The van der Waals surface area contributed by atoms with Crippen LogP contribution in [-0.2, 0) is 16.1 Å². The van der Waals surface area contributed by atoms with Gasteiger partial charge in [-0.05, 0) is 37.0 Å². The van der Waals surface area contributed by atoms with Gasteiger partial charge in [-0.3, -0.25) is 4.79 Å². The average molecular weight is 290 g/mol. The summed E-state index contributed by atoms with van der Waals surface area (Å²) in [5.74, 6) is 0.0681.